The Bertz CT molecular complexity index is 912. The van der Waals surface area contributed by atoms with Gasteiger partial charge in [-0.3, -0.25) is 4.79 Å². The highest BCUT2D eigenvalue weighted by Gasteiger charge is 2.16. The summed E-state index contributed by atoms with van der Waals surface area (Å²) in [5.74, 6) is 0.653. The SMILES string of the molecule is Cc1cc(OCC(=O)c2cc(C)n(CCc3cccs3)c2C)ccc1Cl. The molecule has 5 heteroatoms. The maximum absolute atomic E-state index is 12.6. The molecule has 0 amide bonds. The molecule has 1 aromatic carbocycles. The molecule has 3 aromatic rings. The highest BCUT2D eigenvalue weighted by Crippen LogP contribution is 2.22. The quantitative estimate of drug-likeness (QED) is 0.492. The summed E-state index contributed by atoms with van der Waals surface area (Å²) in [4.78, 5) is 14.0. The van der Waals surface area contributed by atoms with Gasteiger partial charge in [-0.25, -0.2) is 0 Å². The summed E-state index contributed by atoms with van der Waals surface area (Å²) in [5.41, 5.74) is 3.77. The highest BCUT2D eigenvalue weighted by atomic mass is 35.5. The molecule has 0 spiro atoms. The second-order valence-corrected chi connectivity index (χ2v) is 7.83. The van der Waals surface area contributed by atoms with Gasteiger partial charge in [0.25, 0.3) is 0 Å². The maximum Gasteiger partial charge on any atom is 0.202 e. The average molecular weight is 388 g/mol. The van der Waals surface area contributed by atoms with Crippen molar-refractivity contribution in [2.45, 2.75) is 33.7 Å². The molecular weight excluding hydrogens is 366 g/mol. The van der Waals surface area contributed by atoms with E-state index in [9.17, 15) is 4.79 Å². The Balaban J connectivity index is 1.67. The van der Waals surface area contributed by atoms with Crippen LogP contribution in [0.25, 0.3) is 0 Å². The average Bonchev–Trinajstić information content (AvgIpc) is 3.22. The van der Waals surface area contributed by atoms with E-state index < -0.39 is 0 Å². The fourth-order valence-corrected chi connectivity index (χ4v) is 3.85. The first-order valence-corrected chi connectivity index (χ1v) is 9.82. The molecule has 136 valence electrons. The first kappa shape index (κ1) is 18.7. The van der Waals surface area contributed by atoms with Gasteiger partial charge in [0.2, 0.25) is 5.78 Å². The fraction of sp³-hybridized carbons (Fsp3) is 0.286. The molecule has 3 nitrogen and oxygen atoms in total. The third kappa shape index (κ3) is 4.19. The Morgan fingerprint density at radius 1 is 1.19 bits per heavy atom. The Kier molecular flexibility index (Phi) is 5.84. The standard InChI is InChI=1S/C21H22ClNO2S/c1-14-11-17(6-7-20(14)22)25-13-21(24)19-12-15(2)23(16(19)3)9-8-18-5-4-10-26-18/h4-7,10-12H,8-9,13H2,1-3H3. The van der Waals surface area contributed by atoms with Gasteiger partial charge in [-0.2, -0.15) is 0 Å². The van der Waals surface area contributed by atoms with E-state index in [2.05, 4.69) is 22.1 Å². The molecule has 0 saturated carbocycles. The van der Waals surface area contributed by atoms with Crippen LogP contribution in [0.3, 0.4) is 0 Å². The van der Waals surface area contributed by atoms with Gasteiger partial charge in [0, 0.05) is 33.4 Å². The van der Waals surface area contributed by atoms with Gasteiger partial charge >= 0.3 is 0 Å². The molecular formula is C21H22ClNO2S. The van der Waals surface area contributed by atoms with Crippen LogP contribution >= 0.6 is 22.9 Å². The number of ether oxygens (including phenoxy) is 1. The van der Waals surface area contributed by atoms with Gasteiger partial charge < -0.3 is 9.30 Å². The van der Waals surface area contributed by atoms with E-state index in [-0.39, 0.29) is 12.4 Å². The third-order valence-electron chi connectivity index (χ3n) is 4.54. The zero-order chi connectivity index (χ0) is 18.7. The van der Waals surface area contributed by atoms with Crippen molar-refractivity contribution in [3.63, 3.8) is 0 Å². The largest absolute Gasteiger partial charge is 0.485 e. The molecule has 0 unspecified atom stereocenters. The minimum Gasteiger partial charge on any atom is -0.485 e. The predicted molar refractivity (Wildman–Crippen MR) is 108 cm³/mol. The maximum atomic E-state index is 12.6. The molecule has 2 heterocycles. The molecule has 0 saturated heterocycles. The van der Waals surface area contributed by atoms with Crippen molar-refractivity contribution in [3.8, 4) is 5.75 Å². The van der Waals surface area contributed by atoms with E-state index in [1.807, 2.05) is 32.9 Å². The molecule has 0 radical (unpaired) electrons. The van der Waals surface area contributed by atoms with Crippen molar-refractivity contribution in [1.29, 1.82) is 0 Å². The molecule has 0 aliphatic carbocycles. The number of halogens is 1. The first-order valence-electron chi connectivity index (χ1n) is 8.57. The molecule has 0 atom stereocenters. The van der Waals surface area contributed by atoms with Gasteiger partial charge in [-0.1, -0.05) is 17.7 Å². The van der Waals surface area contributed by atoms with Crippen molar-refractivity contribution >= 4 is 28.7 Å². The second-order valence-electron chi connectivity index (χ2n) is 6.39. The Labute approximate surface area is 163 Å². The summed E-state index contributed by atoms with van der Waals surface area (Å²) in [6.07, 6.45) is 0.974. The van der Waals surface area contributed by atoms with Gasteiger partial charge in [0.05, 0.1) is 0 Å². The monoisotopic (exact) mass is 387 g/mol. The minimum absolute atomic E-state index is 0.00641. The number of ketones is 1. The van der Waals surface area contributed by atoms with Crippen LogP contribution in [0.1, 0.15) is 32.2 Å². The van der Waals surface area contributed by atoms with Gasteiger partial charge in [0.1, 0.15) is 5.75 Å². The lowest BCUT2D eigenvalue weighted by molar-refractivity contribution is 0.0920. The second kappa shape index (κ2) is 8.11. The van der Waals surface area contributed by atoms with E-state index in [0.29, 0.717) is 10.8 Å². The van der Waals surface area contributed by atoms with E-state index in [4.69, 9.17) is 16.3 Å². The number of nitrogens with zero attached hydrogens (tertiary/aromatic N) is 1. The van der Waals surface area contributed by atoms with E-state index in [0.717, 1.165) is 35.5 Å². The molecule has 3 rings (SSSR count). The number of rotatable bonds is 7. The summed E-state index contributed by atoms with van der Waals surface area (Å²) in [7, 11) is 0. The number of aromatic nitrogens is 1. The predicted octanol–water partition coefficient (Wildman–Crippen LogP) is 5.63. The van der Waals surface area contributed by atoms with Crippen LogP contribution in [0, 0.1) is 20.8 Å². The molecule has 0 aliphatic rings. The summed E-state index contributed by atoms with van der Waals surface area (Å²) in [6.45, 7) is 6.86. The summed E-state index contributed by atoms with van der Waals surface area (Å²) >= 11 is 7.79. The molecule has 0 N–H and O–H groups in total. The molecule has 0 aliphatic heterocycles. The van der Waals surface area contributed by atoms with E-state index in [1.165, 1.54) is 4.88 Å². The molecule has 0 bridgehead atoms. The summed E-state index contributed by atoms with van der Waals surface area (Å²) < 4.78 is 7.87. The topological polar surface area (TPSA) is 31.2 Å². The Hall–Kier alpha value is -2.04. The molecule has 0 fully saturated rings. The fourth-order valence-electron chi connectivity index (χ4n) is 3.04. The Morgan fingerprint density at radius 3 is 2.69 bits per heavy atom. The molecule has 2 aromatic heterocycles. The number of hydrogen-bond donors (Lipinski definition) is 0. The first-order chi connectivity index (χ1) is 12.5. The van der Waals surface area contributed by atoms with Crippen molar-refractivity contribution < 1.29 is 9.53 Å². The number of Topliss-reactive ketones (excluding diaryl/α,β-unsaturated/α-hetero) is 1. The minimum atomic E-state index is -0.00641. The molecule has 26 heavy (non-hydrogen) atoms. The van der Waals surface area contributed by atoms with Crippen LogP contribution in [0.4, 0.5) is 0 Å². The number of thiophene rings is 1. The summed E-state index contributed by atoms with van der Waals surface area (Å²) in [5, 5.41) is 2.79. The number of carbonyl (C=O) groups is 1. The van der Waals surface area contributed by atoms with Crippen molar-refractivity contribution in [2.24, 2.45) is 0 Å². The lowest BCUT2D eigenvalue weighted by Gasteiger charge is -2.10. The van der Waals surface area contributed by atoms with Crippen molar-refractivity contribution in [3.05, 3.63) is 74.2 Å². The number of aryl methyl sites for hydroxylation is 3. The van der Waals surface area contributed by atoms with Gasteiger partial charge in [0.15, 0.2) is 6.61 Å². The third-order valence-corrected chi connectivity index (χ3v) is 5.90. The van der Waals surface area contributed by atoms with Crippen LogP contribution in [-0.2, 0) is 13.0 Å². The smallest absolute Gasteiger partial charge is 0.202 e. The normalized spacial score (nSPS) is 10.9. The lowest BCUT2D eigenvalue weighted by Crippen LogP contribution is -2.13. The van der Waals surface area contributed by atoms with Crippen LogP contribution in [0.5, 0.6) is 5.75 Å². The highest BCUT2D eigenvalue weighted by molar-refractivity contribution is 7.09. The number of benzene rings is 1. The zero-order valence-corrected chi connectivity index (χ0v) is 16.8. The Morgan fingerprint density at radius 2 is 2.00 bits per heavy atom. The van der Waals surface area contributed by atoms with Crippen LogP contribution in [0.15, 0.2) is 41.8 Å². The van der Waals surface area contributed by atoms with Crippen molar-refractivity contribution in [1.82, 2.24) is 4.57 Å². The van der Waals surface area contributed by atoms with E-state index in [1.54, 1.807) is 23.5 Å². The van der Waals surface area contributed by atoms with Gasteiger partial charge in [-0.05, 0) is 68.5 Å². The van der Waals surface area contributed by atoms with Crippen LogP contribution < -0.4 is 4.74 Å². The van der Waals surface area contributed by atoms with Crippen molar-refractivity contribution in [2.75, 3.05) is 6.61 Å². The van der Waals surface area contributed by atoms with E-state index >= 15 is 0 Å². The summed E-state index contributed by atoms with van der Waals surface area (Å²) in [6, 6.07) is 11.6. The van der Waals surface area contributed by atoms with Crippen LogP contribution in [0.2, 0.25) is 5.02 Å². The number of hydrogen-bond acceptors (Lipinski definition) is 3. The number of carbonyl (C=O) groups excluding carboxylic acids is 1. The zero-order valence-electron chi connectivity index (χ0n) is 15.2. The van der Waals surface area contributed by atoms with Crippen LogP contribution in [-0.4, -0.2) is 17.0 Å². The van der Waals surface area contributed by atoms with Gasteiger partial charge in [-0.15, -0.1) is 11.3 Å². The lowest BCUT2D eigenvalue weighted by atomic mass is 10.1.